The molecule has 18 heavy (non-hydrogen) atoms. The van der Waals surface area contributed by atoms with Crippen LogP contribution in [0, 0.1) is 13.8 Å². The van der Waals surface area contributed by atoms with Crippen LogP contribution in [0.25, 0.3) is 0 Å². The topological polar surface area (TPSA) is 75.1 Å². The highest BCUT2D eigenvalue weighted by Crippen LogP contribution is 2.20. The normalized spacial score (nSPS) is 10.1. The lowest BCUT2D eigenvalue weighted by Gasteiger charge is -2.09. The minimum Gasteiger partial charge on any atom is -0.477 e. The van der Waals surface area contributed by atoms with Crippen molar-refractivity contribution in [2.24, 2.45) is 0 Å². The van der Waals surface area contributed by atoms with E-state index in [9.17, 15) is 4.79 Å². The molecular formula is C13H13N3O2. The van der Waals surface area contributed by atoms with Gasteiger partial charge in [0.1, 0.15) is 12.1 Å². The van der Waals surface area contributed by atoms with Crippen LogP contribution in [-0.2, 0) is 0 Å². The Morgan fingerprint density at radius 2 is 2.00 bits per heavy atom. The lowest BCUT2D eigenvalue weighted by Crippen LogP contribution is -2.03. The Morgan fingerprint density at radius 1 is 1.22 bits per heavy atom. The number of nitrogens with one attached hydrogen (secondary N) is 1. The van der Waals surface area contributed by atoms with E-state index in [1.54, 1.807) is 0 Å². The molecule has 0 saturated carbocycles. The number of carbonyl (C=O) groups is 1. The van der Waals surface area contributed by atoms with Gasteiger partial charge in [-0.05, 0) is 25.5 Å². The maximum absolute atomic E-state index is 10.8. The molecule has 2 aromatic rings. The molecule has 5 heteroatoms. The fourth-order valence-corrected chi connectivity index (χ4v) is 1.63. The Hall–Kier alpha value is -2.43. The number of aromatic nitrogens is 2. The van der Waals surface area contributed by atoms with Gasteiger partial charge in [0, 0.05) is 11.8 Å². The summed E-state index contributed by atoms with van der Waals surface area (Å²) in [6.45, 7) is 4.00. The first-order chi connectivity index (χ1) is 8.56. The van der Waals surface area contributed by atoms with Crippen LogP contribution in [-0.4, -0.2) is 21.0 Å². The fraction of sp³-hybridized carbons (Fsp3) is 0.154. The molecule has 1 aromatic carbocycles. The van der Waals surface area contributed by atoms with E-state index in [2.05, 4.69) is 15.3 Å². The monoisotopic (exact) mass is 243 g/mol. The average Bonchev–Trinajstić information content (AvgIpc) is 2.33. The van der Waals surface area contributed by atoms with Gasteiger partial charge < -0.3 is 10.4 Å². The Morgan fingerprint density at radius 3 is 2.67 bits per heavy atom. The Bertz CT molecular complexity index is 597. The minimum absolute atomic E-state index is 0.0303. The molecule has 0 saturated heterocycles. The van der Waals surface area contributed by atoms with Gasteiger partial charge in [0.2, 0.25) is 0 Å². The van der Waals surface area contributed by atoms with Gasteiger partial charge in [-0.1, -0.05) is 17.7 Å². The third kappa shape index (κ3) is 2.63. The first-order valence-corrected chi connectivity index (χ1v) is 5.46. The summed E-state index contributed by atoms with van der Waals surface area (Å²) in [5.74, 6) is -0.601. The van der Waals surface area contributed by atoms with Crippen molar-refractivity contribution in [2.45, 2.75) is 13.8 Å². The molecule has 0 fully saturated rings. The zero-order valence-electron chi connectivity index (χ0n) is 10.1. The second-order valence-electron chi connectivity index (χ2n) is 4.04. The molecule has 2 rings (SSSR count). The minimum atomic E-state index is -1.07. The van der Waals surface area contributed by atoms with Crippen LogP contribution in [0.2, 0.25) is 0 Å². The number of aromatic carboxylic acids is 1. The number of nitrogens with zero attached hydrogens (tertiary/aromatic N) is 2. The summed E-state index contributed by atoms with van der Waals surface area (Å²) in [5, 5.41) is 11.9. The molecule has 1 aromatic heterocycles. The number of hydrogen-bond donors (Lipinski definition) is 2. The SMILES string of the molecule is Cc1ccc(Nc2cc(C(=O)O)ncn2)c(C)c1. The predicted octanol–water partition coefficient (Wildman–Crippen LogP) is 2.54. The molecule has 0 radical (unpaired) electrons. The zero-order chi connectivity index (χ0) is 13.1. The van der Waals surface area contributed by atoms with E-state index in [1.165, 1.54) is 18.0 Å². The van der Waals surface area contributed by atoms with Crippen molar-refractivity contribution in [2.75, 3.05) is 5.32 Å². The van der Waals surface area contributed by atoms with Gasteiger partial charge in [-0.3, -0.25) is 0 Å². The van der Waals surface area contributed by atoms with Gasteiger partial charge in [-0.15, -0.1) is 0 Å². The molecule has 0 aliphatic carbocycles. The van der Waals surface area contributed by atoms with Gasteiger partial charge in [-0.2, -0.15) is 0 Å². The summed E-state index contributed by atoms with van der Waals surface area (Å²) in [4.78, 5) is 18.5. The smallest absolute Gasteiger partial charge is 0.354 e. The van der Waals surface area contributed by atoms with Crippen LogP contribution < -0.4 is 5.32 Å². The number of aryl methyl sites for hydroxylation is 2. The van der Waals surface area contributed by atoms with Crippen molar-refractivity contribution in [1.29, 1.82) is 0 Å². The van der Waals surface area contributed by atoms with Crippen molar-refractivity contribution in [3.63, 3.8) is 0 Å². The van der Waals surface area contributed by atoms with Gasteiger partial charge in [-0.25, -0.2) is 14.8 Å². The van der Waals surface area contributed by atoms with Gasteiger partial charge in [0.15, 0.2) is 5.69 Å². The van der Waals surface area contributed by atoms with Crippen LogP contribution in [0.4, 0.5) is 11.5 Å². The molecule has 2 N–H and O–H groups in total. The lowest BCUT2D eigenvalue weighted by molar-refractivity contribution is 0.0690. The quantitative estimate of drug-likeness (QED) is 0.866. The Balaban J connectivity index is 2.28. The standard InChI is InChI=1S/C13H13N3O2/c1-8-3-4-10(9(2)5-8)16-12-6-11(13(17)18)14-7-15-12/h3-7H,1-2H3,(H,17,18)(H,14,15,16). The molecule has 0 aliphatic heterocycles. The zero-order valence-corrected chi connectivity index (χ0v) is 10.1. The molecule has 92 valence electrons. The first-order valence-electron chi connectivity index (χ1n) is 5.46. The van der Waals surface area contributed by atoms with Crippen molar-refractivity contribution in [3.05, 3.63) is 47.4 Å². The molecule has 0 aliphatic rings. The number of carboxylic acids is 1. The summed E-state index contributed by atoms with van der Waals surface area (Å²) < 4.78 is 0. The summed E-state index contributed by atoms with van der Waals surface area (Å²) >= 11 is 0. The van der Waals surface area contributed by atoms with Crippen LogP contribution in [0.1, 0.15) is 21.6 Å². The highest BCUT2D eigenvalue weighted by atomic mass is 16.4. The average molecular weight is 243 g/mol. The molecule has 0 unspecified atom stereocenters. The number of benzene rings is 1. The molecule has 5 nitrogen and oxygen atoms in total. The number of hydrogen-bond acceptors (Lipinski definition) is 4. The summed E-state index contributed by atoms with van der Waals surface area (Å²) in [6.07, 6.45) is 1.23. The third-order valence-corrected chi connectivity index (χ3v) is 2.53. The maximum Gasteiger partial charge on any atom is 0.354 e. The largest absolute Gasteiger partial charge is 0.477 e. The van der Waals surface area contributed by atoms with Gasteiger partial charge >= 0.3 is 5.97 Å². The predicted molar refractivity (Wildman–Crippen MR) is 68.2 cm³/mol. The second kappa shape index (κ2) is 4.83. The molecule has 0 bridgehead atoms. The van der Waals surface area contributed by atoms with Crippen LogP contribution in [0.5, 0.6) is 0 Å². The fourth-order valence-electron chi connectivity index (χ4n) is 1.63. The van der Waals surface area contributed by atoms with E-state index in [0.29, 0.717) is 5.82 Å². The highest BCUT2D eigenvalue weighted by Gasteiger charge is 2.06. The van der Waals surface area contributed by atoms with E-state index in [1.807, 2.05) is 32.0 Å². The van der Waals surface area contributed by atoms with Crippen LogP contribution in [0.15, 0.2) is 30.6 Å². The number of carboxylic acid groups (broad SMARTS) is 1. The van der Waals surface area contributed by atoms with E-state index in [0.717, 1.165) is 11.3 Å². The summed E-state index contributed by atoms with van der Waals surface area (Å²) in [5.41, 5.74) is 3.12. The maximum atomic E-state index is 10.8. The number of anilines is 2. The van der Waals surface area contributed by atoms with E-state index < -0.39 is 5.97 Å². The first kappa shape index (κ1) is 12.0. The molecule has 0 spiro atoms. The van der Waals surface area contributed by atoms with E-state index in [-0.39, 0.29) is 5.69 Å². The molecule has 0 atom stereocenters. The summed E-state index contributed by atoms with van der Waals surface area (Å²) in [7, 11) is 0. The van der Waals surface area contributed by atoms with Crippen molar-refractivity contribution in [3.8, 4) is 0 Å². The van der Waals surface area contributed by atoms with Crippen LogP contribution >= 0.6 is 0 Å². The van der Waals surface area contributed by atoms with E-state index >= 15 is 0 Å². The van der Waals surface area contributed by atoms with Crippen LogP contribution in [0.3, 0.4) is 0 Å². The Kier molecular flexibility index (Phi) is 3.23. The lowest BCUT2D eigenvalue weighted by atomic mass is 10.1. The molecule has 0 amide bonds. The van der Waals surface area contributed by atoms with Gasteiger partial charge in [0.05, 0.1) is 0 Å². The highest BCUT2D eigenvalue weighted by molar-refractivity contribution is 5.86. The van der Waals surface area contributed by atoms with Crippen molar-refractivity contribution in [1.82, 2.24) is 9.97 Å². The van der Waals surface area contributed by atoms with Crippen molar-refractivity contribution < 1.29 is 9.90 Å². The summed E-state index contributed by atoms with van der Waals surface area (Å²) in [6, 6.07) is 7.37. The van der Waals surface area contributed by atoms with Gasteiger partial charge in [0.25, 0.3) is 0 Å². The Labute approximate surface area is 105 Å². The van der Waals surface area contributed by atoms with E-state index in [4.69, 9.17) is 5.11 Å². The second-order valence-corrected chi connectivity index (χ2v) is 4.04. The molecule has 1 heterocycles. The van der Waals surface area contributed by atoms with Crippen molar-refractivity contribution >= 4 is 17.5 Å². The molecular weight excluding hydrogens is 230 g/mol. The number of rotatable bonds is 3. The third-order valence-electron chi connectivity index (χ3n) is 2.53.